The largest absolute Gasteiger partial charge is 0.493 e. The van der Waals surface area contributed by atoms with Crippen LogP contribution in [0.5, 0.6) is 11.5 Å². The van der Waals surface area contributed by atoms with Gasteiger partial charge in [0.1, 0.15) is 5.76 Å². The van der Waals surface area contributed by atoms with Crippen LogP contribution < -0.4 is 29.3 Å². The molecule has 1 aliphatic carbocycles. The number of rotatable bonds is 5. The molecule has 0 spiro atoms. The Balaban J connectivity index is 1.39. The summed E-state index contributed by atoms with van der Waals surface area (Å²) in [6.45, 7) is 2.01. The van der Waals surface area contributed by atoms with E-state index in [1.165, 1.54) is 36.2 Å². The molecule has 2 aromatic heterocycles. The smallest absolute Gasteiger partial charge is 0.271 e. The van der Waals surface area contributed by atoms with Gasteiger partial charge in [0.25, 0.3) is 5.56 Å². The van der Waals surface area contributed by atoms with Gasteiger partial charge >= 0.3 is 0 Å². The van der Waals surface area contributed by atoms with Crippen molar-refractivity contribution in [3.05, 3.63) is 102 Å². The lowest BCUT2D eigenvalue weighted by atomic mass is 9.83. The third-order valence-corrected chi connectivity index (χ3v) is 9.13. The highest BCUT2D eigenvalue weighted by Gasteiger charge is 2.33. The summed E-state index contributed by atoms with van der Waals surface area (Å²) in [6, 6.07) is 18.0. The highest BCUT2D eigenvalue weighted by atomic mass is 32.1. The third kappa shape index (κ3) is 4.18. The van der Waals surface area contributed by atoms with Crippen molar-refractivity contribution < 1.29 is 13.9 Å². The summed E-state index contributed by atoms with van der Waals surface area (Å²) in [5.41, 5.74) is 5.46. The number of aromatic nitrogens is 1. The number of hydrogen-bond acceptors (Lipinski definition) is 7. The first-order chi connectivity index (χ1) is 19.6. The highest BCUT2D eigenvalue weighted by molar-refractivity contribution is 7.07. The lowest BCUT2D eigenvalue weighted by molar-refractivity contribution is 0.354. The van der Waals surface area contributed by atoms with Gasteiger partial charge in [-0.1, -0.05) is 41.7 Å². The zero-order chi connectivity index (χ0) is 27.2. The van der Waals surface area contributed by atoms with Crippen molar-refractivity contribution in [2.75, 3.05) is 32.2 Å². The minimum absolute atomic E-state index is 0.0649. The van der Waals surface area contributed by atoms with Gasteiger partial charge in [-0.3, -0.25) is 9.36 Å². The normalized spacial score (nSPS) is 18.6. The van der Waals surface area contributed by atoms with Gasteiger partial charge in [-0.2, -0.15) is 0 Å². The zero-order valence-corrected chi connectivity index (χ0v) is 23.5. The number of ether oxygens (including phenoxy) is 2. The quantitative estimate of drug-likeness (QED) is 0.351. The molecule has 1 atom stereocenters. The Labute approximate surface area is 236 Å². The molecule has 8 heteroatoms. The number of allylic oxidation sites excluding steroid dienone is 1. The first-order valence-corrected chi connectivity index (χ1v) is 14.7. The van der Waals surface area contributed by atoms with E-state index >= 15 is 0 Å². The molecule has 0 amide bonds. The van der Waals surface area contributed by atoms with Gasteiger partial charge in [0.15, 0.2) is 22.2 Å². The topological polar surface area (TPSA) is 69.2 Å². The molecule has 0 bridgehead atoms. The number of methoxy groups -OCH3 is 2. The van der Waals surface area contributed by atoms with Gasteiger partial charge < -0.3 is 18.8 Å². The summed E-state index contributed by atoms with van der Waals surface area (Å²) in [6.07, 6.45) is 7.22. The van der Waals surface area contributed by atoms with E-state index in [4.69, 9.17) is 18.9 Å². The molecule has 0 unspecified atom stereocenters. The Hall–Kier alpha value is -4.04. The van der Waals surface area contributed by atoms with Crippen LogP contribution in [0.15, 0.2) is 74.4 Å². The molecule has 0 radical (unpaired) electrons. The monoisotopic (exact) mass is 553 g/mol. The second-order valence-electron chi connectivity index (χ2n) is 10.5. The fourth-order valence-electron chi connectivity index (χ4n) is 6.18. The van der Waals surface area contributed by atoms with Crippen LogP contribution in [0.2, 0.25) is 0 Å². The number of furan rings is 1. The summed E-state index contributed by atoms with van der Waals surface area (Å²) in [7, 11) is 3.26. The van der Waals surface area contributed by atoms with Crippen LogP contribution in [0.3, 0.4) is 0 Å². The van der Waals surface area contributed by atoms with E-state index in [0.29, 0.717) is 26.6 Å². The van der Waals surface area contributed by atoms with Crippen molar-refractivity contribution >= 4 is 29.0 Å². The molecule has 4 heterocycles. The minimum Gasteiger partial charge on any atom is -0.493 e. The van der Waals surface area contributed by atoms with E-state index in [1.807, 2.05) is 41.0 Å². The van der Waals surface area contributed by atoms with Crippen molar-refractivity contribution in [3.8, 4) is 11.5 Å². The molecule has 40 heavy (non-hydrogen) atoms. The van der Waals surface area contributed by atoms with Crippen molar-refractivity contribution in [1.82, 2.24) is 4.57 Å². The average molecular weight is 554 g/mol. The summed E-state index contributed by atoms with van der Waals surface area (Å²) in [4.78, 5) is 22.1. The first-order valence-electron chi connectivity index (χ1n) is 13.8. The molecular formula is C32H31N3O4S. The summed E-state index contributed by atoms with van der Waals surface area (Å²) in [5.74, 6) is 2.85. The third-order valence-electron chi connectivity index (χ3n) is 8.15. The second kappa shape index (κ2) is 10.2. The summed E-state index contributed by atoms with van der Waals surface area (Å²) >= 11 is 1.41. The molecule has 0 N–H and O–H groups in total. The number of hydrogen-bond donors (Lipinski definition) is 0. The summed E-state index contributed by atoms with van der Waals surface area (Å²) in [5, 5.41) is 0. The fraction of sp³-hybridized carbons (Fsp3) is 0.312. The summed E-state index contributed by atoms with van der Waals surface area (Å²) < 4.78 is 19.8. The number of piperidine rings is 1. The Morgan fingerprint density at radius 1 is 0.975 bits per heavy atom. The van der Waals surface area contributed by atoms with Gasteiger partial charge in [0.2, 0.25) is 0 Å². The molecule has 7 rings (SSSR count). The number of thiazole rings is 1. The average Bonchev–Trinajstić information content (AvgIpc) is 3.60. The van der Waals surface area contributed by atoms with E-state index in [0.717, 1.165) is 54.2 Å². The Bertz CT molecular complexity index is 1810. The van der Waals surface area contributed by atoms with Gasteiger partial charge in [0, 0.05) is 30.8 Å². The molecule has 1 fully saturated rings. The van der Waals surface area contributed by atoms with E-state index in [9.17, 15) is 4.79 Å². The molecular weight excluding hydrogens is 522 g/mol. The van der Waals surface area contributed by atoms with Crippen LogP contribution in [-0.2, 0) is 6.42 Å². The molecule has 7 nitrogen and oxygen atoms in total. The molecule has 0 saturated carbocycles. The van der Waals surface area contributed by atoms with Crippen molar-refractivity contribution in [3.63, 3.8) is 0 Å². The number of anilines is 1. The van der Waals surface area contributed by atoms with Crippen LogP contribution in [0.1, 0.15) is 54.2 Å². The zero-order valence-electron chi connectivity index (χ0n) is 22.7. The van der Waals surface area contributed by atoms with Crippen LogP contribution >= 0.6 is 11.3 Å². The predicted molar refractivity (Wildman–Crippen MR) is 157 cm³/mol. The van der Waals surface area contributed by atoms with Gasteiger partial charge in [-0.05, 0) is 67.0 Å². The maximum atomic E-state index is 14.1. The minimum atomic E-state index is -0.290. The van der Waals surface area contributed by atoms with Crippen LogP contribution in [-0.4, -0.2) is 31.9 Å². The number of nitrogens with zero attached hydrogens (tertiary/aromatic N) is 3. The van der Waals surface area contributed by atoms with Gasteiger partial charge in [0.05, 0.1) is 30.5 Å². The van der Waals surface area contributed by atoms with Crippen molar-refractivity contribution in [2.24, 2.45) is 4.99 Å². The standard InChI is InChI=1S/C32H31N3O4S/c1-37-25-14-11-21(18-26(25)38-2)30-24-13-10-20-8-4-5-9-23(20)29(24)33-32-35(30)31(36)27(40-32)19-22-12-15-28(39-22)34-16-6-3-7-17-34/h4-5,8-9,11-12,14-15,18-19,30H,3,6-7,10,13,16-17H2,1-2H3/b27-19-/t30-/m1/s1. The highest BCUT2D eigenvalue weighted by Crippen LogP contribution is 2.42. The fourth-order valence-corrected chi connectivity index (χ4v) is 7.16. The van der Waals surface area contributed by atoms with Crippen LogP contribution in [0.25, 0.3) is 11.8 Å². The predicted octanol–water partition coefficient (Wildman–Crippen LogP) is 4.92. The lowest BCUT2D eigenvalue weighted by Gasteiger charge is -2.31. The number of benzene rings is 2. The van der Waals surface area contributed by atoms with E-state index in [2.05, 4.69) is 29.2 Å². The second-order valence-corrected chi connectivity index (χ2v) is 11.5. The van der Waals surface area contributed by atoms with E-state index < -0.39 is 0 Å². The Morgan fingerprint density at radius 3 is 2.62 bits per heavy atom. The number of aryl methyl sites for hydroxylation is 1. The van der Waals surface area contributed by atoms with Crippen LogP contribution in [0, 0.1) is 0 Å². The van der Waals surface area contributed by atoms with Gasteiger partial charge in [-0.25, -0.2) is 4.99 Å². The first kappa shape index (κ1) is 25.0. The molecule has 204 valence electrons. The van der Waals surface area contributed by atoms with E-state index in [1.54, 1.807) is 14.2 Å². The van der Waals surface area contributed by atoms with Gasteiger partial charge in [-0.15, -0.1) is 0 Å². The lowest BCUT2D eigenvalue weighted by Crippen LogP contribution is -2.38. The van der Waals surface area contributed by atoms with Crippen molar-refractivity contribution in [2.45, 2.75) is 38.1 Å². The number of fused-ring (bicyclic) bond motifs is 3. The van der Waals surface area contributed by atoms with E-state index in [-0.39, 0.29) is 11.6 Å². The van der Waals surface area contributed by atoms with Crippen molar-refractivity contribution in [1.29, 1.82) is 0 Å². The Kier molecular flexibility index (Phi) is 6.35. The molecule has 3 aliphatic rings. The molecule has 2 aliphatic heterocycles. The Morgan fingerprint density at radius 2 is 1.80 bits per heavy atom. The van der Waals surface area contributed by atoms with Crippen LogP contribution in [0.4, 0.5) is 5.88 Å². The molecule has 1 saturated heterocycles. The SMILES string of the molecule is COc1ccc([C@@H]2C3=C(N=c4s/c(=C\c5ccc(N6CCCCC6)o5)c(=O)n42)c2ccccc2CC3)cc1OC. The molecule has 2 aromatic carbocycles. The maximum Gasteiger partial charge on any atom is 0.271 e. The maximum absolute atomic E-state index is 14.1. The molecule has 4 aromatic rings.